The van der Waals surface area contributed by atoms with E-state index in [-0.39, 0.29) is 30.0 Å². The van der Waals surface area contributed by atoms with E-state index >= 15 is 0 Å². The Labute approximate surface area is 179 Å². The van der Waals surface area contributed by atoms with E-state index in [1.807, 2.05) is 6.92 Å². The van der Waals surface area contributed by atoms with Crippen LogP contribution in [0.4, 0.5) is 0 Å². The second-order valence-electron chi connectivity index (χ2n) is 7.75. The Kier molecular flexibility index (Phi) is 5.82. The van der Waals surface area contributed by atoms with E-state index in [4.69, 9.17) is 9.72 Å². The number of fused-ring (bicyclic) bond motifs is 3. The van der Waals surface area contributed by atoms with Crippen molar-refractivity contribution in [2.75, 3.05) is 19.7 Å². The van der Waals surface area contributed by atoms with Crippen molar-refractivity contribution < 1.29 is 9.53 Å². The number of ether oxygens (including phenoxy) is 1. The molecule has 2 aromatic heterocycles. The van der Waals surface area contributed by atoms with Gasteiger partial charge >= 0.3 is 0 Å². The molecule has 5 nitrogen and oxygen atoms in total. The fourth-order valence-corrected chi connectivity index (χ4v) is 6.86. The van der Waals surface area contributed by atoms with Crippen LogP contribution in [0.1, 0.15) is 67.4 Å². The molecule has 2 N–H and O–H groups in total. The summed E-state index contributed by atoms with van der Waals surface area (Å²) in [6.45, 7) is 4.77. The molecule has 2 aromatic rings. The van der Waals surface area contributed by atoms with Crippen LogP contribution in [0.3, 0.4) is 0 Å². The number of carbonyl (C=O) groups excluding carboxylic acids is 1. The number of aromatic nitrogens is 1. The molecule has 28 heavy (non-hydrogen) atoms. The van der Waals surface area contributed by atoms with E-state index in [0.29, 0.717) is 0 Å². The number of thiazole rings is 1. The molecule has 1 amide bonds. The van der Waals surface area contributed by atoms with Gasteiger partial charge < -0.3 is 15.4 Å². The molecule has 0 aromatic carbocycles. The lowest BCUT2D eigenvalue weighted by molar-refractivity contribution is -0.0792. The van der Waals surface area contributed by atoms with Crippen molar-refractivity contribution >= 4 is 41.0 Å². The van der Waals surface area contributed by atoms with Crippen LogP contribution in [-0.2, 0) is 23.2 Å². The largest absolute Gasteiger partial charge is 0.370 e. The molecule has 1 fully saturated rings. The summed E-state index contributed by atoms with van der Waals surface area (Å²) in [4.78, 5) is 21.2. The molecule has 8 heteroatoms. The van der Waals surface area contributed by atoms with Crippen LogP contribution in [0.5, 0.6) is 0 Å². The summed E-state index contributed by atoms with van der Waals surface area (Å²) in [5, 5.41) is 7.78. The number of halogens is 1. The molecule has 1 unspecified atom stereocenters. The molecule has 1 atom stereocenters. The summed E-state index contributed by atoms with van der Waals surface area (Å²) in [6.07, 6.45) is 6.08. The van der Waals surface area contributed by atoms with Gasteiger partial charge in [0.25, 0.3) is 5.91 Å². The predicted octanol–water partition coefficient (Wildman–Crippen LogP) is 3.89. The fourth-order valence-electron chi connectivity index (χ4n) is 4.68. The molecular weight excluding hydrogens is 414 g/mol. The minimum atomic E-state index is -0.183. The molecule has 1 aliphatic carbocycles. The maximum absolute atomic E-state index is 13.0. The molecule has 4 heterocycles. The molecule has 152 valence electrons. The highest BCUT2D eigenvalue weighted by atomic mass is 35.5. The summed E-state index contributed by atoms with van der Waals surface area (Å²) in [7, 11) is 0. The highest BCUT2D eigenvalue weighted by Gasteiger charge is 2.41. The Morgan fingerprint density at radius 2 is 2.11 bits per heavy atom. The highest BCUT2D eigenvalue weighted by molar-refractivity contribution is 7.14. The number of nitrogens with zero attached hydrogens (tertiary/aromatic N) is 1. The van der Waals surface area contributed by atoms with Crippen molar-refractivity contribution in [2.45, 2.75) is 57.1 Å². The van der Waals surface area contributed by atoms with Gasteiger partial charge in [-0.15, -0.1) is 35.1 Å². The van der Waals surface area contributed by atoms with Gasteiger partial charge in [-0.1, -0.05) is 0 Å². The quantitative estimate of drug-likeness (QED) is 0.745. The van der Waals surface area contributed by atoms with Crippen molar-refractivity contribution in [1.82, 2.24) is 15.6 Å². The Balaban J connectivity index is 0.00000192. The Bertz CT molecular complexity index is 873. The molecule has 0 bridgehead atoms. The lowest BCUT2D eigenvalue weighted by Gasteiger charge is -2.40. The third-order valence-electron chi connectivity index (χ3n) is 6.01. The summed E-state index contributed by atoms with van der Waals surface area (Å²) < 4.78 is 6.25. The smallest absolute Gasteiger partial charge is 0.261 e. The molecule has 3 aliphatic rings. The summed E-state index contributed by atoms with van der Waals surface area (Å²) in [5.41, 5.74) is 2.17. The normalized spacial score (nSPS) is 22.8. The monoisotopic (exact) mass is 439 g/mol. The molecule has 5 rings (SSSR count). The van der Waals surface area contributed by atoms with Crippen LogP contribution in [-0.4, -0.2) is 30.6 Å². The topological polar surface area (TPSA) is 63.2 Å². The van der Waals surface area contributed by atoms with Crippen LogP contribution in [0.2, 0.25) is 0 Å². The third-order valence-corrected chi connectivity index (χ3v) is 8.25. The van der Waals surface area contributed by atoms with Crippen LogP contribution in [0.25, 0.3) is 0 Å². The van der Waals surface area contributed by atoms with E-state index in [1.165, 1.54) is 15.3 Å². The zero-order valence-electron chi connectivity index (χ0n) is 16.0. The number of hydrogen-bond acceptors (Lipinski definition) is 6. The zero-order chi connectivity index (χ0) is 18.4. The van der Waals surface area contributed by atoms with Gasteiger partial charge in [0.15, 0.2) is 0 Å². The van der Waals surface area contributed by atoms with Crippen molar-refractivity contribution in [1.29, 1.82) is 0 Å². The van der Waals surface area contributed by atoms with E-state index < -0.39 is 0 Å². The molecular formula is C20H26ClN3O2S2. The van der Waals surface area contributed by atoms with Crippen LogP contribution in [0.15, 0.2) is 6.07 Å². The van der Waals surface area contributed by atoms with E-state index in [2.05, 4.69) is 16.7 Å². The van der Waals surface area contributed by atoms with E-state index in [1.54, 1.807) is 22.7 Å². The zero-order valence-corrected chi connectivity index (χ0v) is 18.5. The van der Waals surface area contributed by atoms with Crippen LogP contribution < -0.4 is 10.6 Å². The number of thiophene rings is 1. The Morgan fingerprint density at radius 1 is 1.29 bits per heavy atom. The summed E-state index contributed by atoms with van der Waals surface area (Å²) in [6, 6.07) is 2.16. The van der Waals surface area contributed by atoms with Crippen molar-refractivity contribution in [3.8, 4) is 0 Å². The van der Waals surface area contributed by atoms with E-state index in [0.717, 1.165) is 73.8 Å². The van der Waals surface area contributed by atoms with Gasteiger partial charge in [-0.2, -0.15) is 0 Å². The maximum atomic E-state index is 13.0. The number of carbonyl (C=O) groups is 1. The predicted molar refractivity (Wildman–Crippen MR) is 115 cm³/mol. The van der Waals surface area contributed by atoms with Gasteiger partial charge in [-0.05, 0) is 63.7 Å². The lowest BCUT2D eigenvalue weighted by atomic mass is 9.83. The first-order valence-electron chi connectivity index (χ1n) is 9.89. The third kappa shape index (κ3) is 3.52. The summed E-state index contributed by atoms with van der Waals surface area (Å²) >= 11 is 3.43. The average Bonchev–Trinajstić information content (AvgIpc) is 3.27. The second-order valence-corrected chi connectivity index (χ2v) is 10.2. The van der Waals surface area contributed by atoms with Crippen molar-refractivity contribution in [3.05, 3.63) is 37.0 Å². The number of hydrogen-bond donors (Lipinski definition) is 2. The fraction of sp³-hybridized carbons (Fsp3) is 0.600. The first-order chi connectivity index (χ1) is 13.1. The van der Waals surface area contributed by atoms with Crippen molar-refractivity contribution in [3.63, 3.8) is 0 Å². The molecule has 0 saturated carbocycles. The molecule has 1 saturated heterocycles. The van der Waals surface area contributed by atoms with Gasteiger partial charge in [0, 0.05) is 16.2 Å². The number of nitrogens with one attached hydrogen (secondary N) is 2. The number of piperidine rings is 1. The first-order valence-corrected chi connectivity index (χ1v) is 11.5. The Hall–Kier alpha value is -0.990. The van der Waals surface area contributed by atoms with Gasteiger partial charge in [0.05, 0.1) is 33.8 Å². The van der Waals surface area contributed by atoms with E-state index in [9.17, 15) is 4.79 Å². The van der Waals surface area contributed by atoms with Crippen LogP contribution >= 0.6 is 35.1 Å². The Morgan fingerprint density at radius 3 is 2.93 bits per heavy atom. The molecule has 1 spiro atoms. The minimum absolute atomic E-state index is 0. The van der Waals surface area contributed by atoms with Gasteiger partial charge in [-0.25, -0.2) is 4.98 Å². The van der Waals surface area contributed by atoms with Crippen LogP contribution in [0, 0.1) is 6.92 Å². The summed E-state index contributed by atoms with van der Waals surface area (Å²) in [5.74, 6) is 0.0435. The van der Waals surface area contributed by atoms with Gasteiger partial charge in [-0.3, -0.25) is 4.79 Å². The number of amides is 1. The molecule has 0 radical (unpaired) electrons. The first kappa shape index (κ1) is 20.3. The SMILES string of the molecule is Cc1nc2c(s1)CCCC2NC(=O)c1cc2c(s1)CCOC21CCNCC1.Cl. The number of rotatable bonds is 2. The van der Waals surface area contributed by atoms with Gasteiger partial charge in [0.2, 0.25) is 0 Å². The maximum Gasteiger partial charge on any atom is 0.261 e. The minimum Gasteiger partial charge on any atom is -0.370 e. The lowest BCUT2D eigenvalue weighted by Crippen LogP contribution is -2.44. The number of aryl methyl sites for hydroxylation is 2. The standard InChI is InChI=1S/C20H25N3O2S2.ClH/c1-12-22-18-14(3-2-4-16(18)26-12)23-19(24)17-11-13-15(27-17)5-10-25-20(13)6-8-21-9-7-20;/h11,14,21H,2-10H2,1H3,(H,23,24);1H. The van der Waals surface area contributed by atoms with Gasteiger partial charge in [0.1, 0.15) is 0 Å². The highest BCUT2D eigenvalue weighted by Crippen LogP contribution is 2.43. The average molecular weight is 440 g/mol. The van der Waals surface area contributed by atoms with Crippen molar-refractivity contribution in [2.24, 2.45) is 0 Å². The second kappa shape index (κ2) is 8.03. The molecule has 2 aliphatic heterocycles.